The molecular weight excluding hydrogens is 587 g/mol. The maximum Gasteiger partial charge on any atom is 0.323 e. The van der Waals surface area contributed by atoms with Crippen LogP contribution in [0.3, 0.4) is 0 Å². The summed E-state index contributed by atoms with van der Waals surface area (Å²) >= 11 is 1.42. The highest BCUT2D eigenvalue weighted by Crippen LogP contribution is 2.49. The second-order valence-corrected chi connectivity index (χ2v) is 14.6. The maximum absolute atomic E-state index is 14.6. The average Bonchev–Trinajstić information content (AvgIpc) is 3.02. The predicted molar refractivity (Wildman–Crippen MR) is 168 cm³/mol. The standard InChI is InChI=1S/C32H43N2O7PS/c1-2-29(37)40-32(26-19-10-5-11-20-26)41-42(39,21-13-12-16-24-14-6-3-7-15-24)33-27-23-43-31(25-17-8-4-9-18-25)34(30(27)38)22-28(35)36/h3-4,6-9,14-15,17-18,26-27,31-32H,2,5,10-13,16,19-23H2,1H3,(H,33,39)(H,35,36)/t27?,31-,32?,42?/m1/s1. The van der Waals surface area contributed by atoms with Gasteiger partial charge in [-0.3, -0.25) is 23.5 Å². The number of rotatable bonds is 15. The molecule has 3 unspecified atom stereocenters. The Morgan fingerprint density at radius 1 is 1.05 bits per heavy atom. The predicted octanol–water partition coefficient (Wildman–Crippen LogP) is 6.40. The summed E-state index contributed by atoms with van der Waals surface area (Å²) in [4.78, 5) is 39.3. The van der Waals surface area contributed by atoms with Crippen LogP contribution in [0.5, 0.6) is 0 Å². The van der Waals surface area contributed by atoms with Gasteiger partial charge >= 0.3 is 11.9 Å². The number of esters is 1. The van der Waals surface area contributed by atoms with Crippen molar-refractivity contribution >= 4 is 37.1 Å². The number of nitrogens with zero attached hydrogens (tertiary/aromatic N) is 1. The van der Waals surface area contributed by atoms with Gasteiger partial charge in [-0.1, -0.05) is 86.8 Å². The first-order valence-corrected chi connectivity index (χ1v) is 18.1. The van der Waals surface area contributed by atoms with Crippen molar-refractivity contribution in [2.24, 2.45) is 5.92 Å². The van der Waals surface area contributed by atoms with Crippen LogP contribution in [0, 0.1) is 5.92 Å². The molecule has 2 N–H and O–H groups in total. The van der Waals surface area contributed by atoms with Gasteiger partial charge in [-0.25, -0.2) is 5.09 Å². The molecule has 0 bridgehead atoms. The van der Waals surface area contributed by atoms with Crippen molar-refractivity contribution in [1.29, 1.82) is 0 Å². The third-order valence-electron chi connectivity index (χ3n) is 7.88. The average molecular weight is 631 g/mol. The minimum Gasteiger partial charge on any atom is -0.480 e. The Morgan fingerprint density at radius 2 is 1.72 bits per heavy atom. The lowest BCUT2D eigenvalue weighted by Gasteiger charge is -2.40. The van der Waals surface area contributed by atoms with Gasteiger partial charge in [0, 0.05) is 24.3 Å². The van der Waals surface area contributed by atoms with Gasteiger partial charge in [0.25, 0.3) is 7.52 Å². The number of ether oxygens (including phenoxy) is 1. The molecule has 1 aliphatic carbocycles. The van der Waals surface area contributed by atoms with Gasteiger partial charge in [-0.15, -0.1) is 11.8 Å². The van der Waals surface area contributed by atoms with E-state index in [1.54, 1.807) is 6.92 Å². The Morgan fingerprint density at radius 3 is 2.37 bits per heavy atom. The summed E-state index contributed by atoms with van der Waals surface area (Å²) < 4.78 is 26.6. The first kappa shape index (κ1) is 33.2. The van der Waals surface area contributed by atoms with Crippen molar-refractivity contribution in [3.63, 3.8) is 0 Å². The fraction of sp³-hybridized carbons (Fsp3) is 0.531. The molecule has 11 heteroatoms. The van der Waals surface area contributed by atoms with Crippen molar-refractivity contribution in [1.82, 2.24) is 9.99 Å². The molecule has 1 heterocycles. The van der Waals surface area contributed by atoms with Gasteiger partial charge in [0.05, 0.1) is 0 Å². The van der Waals surface area contributed by atoms with E-state index in [1.807, 2.05) is 48.5 Å². The van der Waals surface area contributed by atoms with Crippen molar-refractivity contribution in [2.45, 2.75) is 82.4 Å². The molecule has 2 aromatic carbocycles. The van der Waals surface area contributed by atoms with Gasteiger partial charge in [0.2, 0.25) is 12.2 Å². The van der Waals surface area contributed by atoms with Crippen LogP contribution in [0.2, 0.25) is 0 Å². The van der Waals surface area contributed by atoms with Gasteiger partial charge in [-0.05, 0) is 43.2 Å². The zero-order chi connectivity index (χ0) is 30.7. The van der Waals surface area contributed by atoms with Gasteiger partial charge < -0.3 is 14.7 Å². The second kappa shape index (κ2) is 16.4. The Bertz CT molecular complexity index is 1240. The number of carbonyl (C=O) groups excluding carboxylic acids is 2. The number of amides is 1. The Kier molecular flexibility index (Phi) is 12.7. The first-order chi connectivity index (χ1) is 20.8. The fourth-order valence-corrected chi connectivity index (χ4v) is 9.22. The van der Waals surface area contributed by atoms with Gasteiger partial charge in [-0.2, -0.15) is 0 Å². The SMILES string of the molecule is CCC(=O)OC(OP(=O)(CCCCc1ccccc1)NC1CS[C@H](c2ccccc2)N(CC(=O)O)C1=O)C1CCCCC1. The van der Waals surface area contributed by atoms with E-state index >= 15 is 0 Å². The van der Waals surface area contributed by atoms with E-state index in [2.05, 4.69) is 17.2 Å². The summed E-state index contributed by atoms with van der Waals surface area (Å²) in [7, 11) is -3.72. The Hall–Kier alpha value is -2.65. The summed E-state index contributed by atoms with van der Waals surface area (Å²) in [5.41, 5.74) is 2.00. The highest BCUT2D eigenvalue weighted by Gasteiger charge is 2.43. The number of thioether (sulfide) groups is 1. The van der Waals surface area contributed by atoms with Crippen LogP contribution < -0.4 is 5.09 Å². The van der Waals surface area contributed by atoms with E-state index in [9.17, 15) is 24.1 Å². The van der Waals surface area contributed by atoms with E-state index in [4.69, 9.17) is 9.26 Å². The number of aliphatic carboxylic acids is 1. The van der Waals surface area contributed by atoms with E-state index in [-0.39, 0.29) is 24.3 Å². The Balaban J connectivity index is 1.54. The Labute approximate surface area is 258 Å². The molecule has 2 aliphatic rings. The number of carboxylic acid groups (broad SMARTS) is 1. The lowest BCUT2D eigenvalue weighted by atomic mass is 9.89. The number of nitrogens with one attached hydrogen (secondary N) is 1. The summed E-state index contributed by atoms with van der Waals surface area (Å²) in [6.45, 7) is 1.23. The largest absolute Gasteiger partial charge is 0.480 e. The molecule has 0 radical (unpaired) electrons. The molecule has 9 nitrogen and oxygen atoms in total. The van der Waals surface area contributed by atoms with Crippen LogP contribution in [-0.4, -0.2) is 58.6 Å². The molecule has 1 saturated heterocycles. The molecule has 0 spiro atoms. The van der Waals surface area contributed by atoms with Gasteiger partial charge in [0.1, 0.15) is 18.0 Å². The molecule has 4 atom stereocenters. The third-order valence-corrected chi connectivity index (χ3v) is 11.4. The summed E-state index contributed by atoms with van der Waals surface area (Å²) in [6, 6.07) is 18.4. The van der Waals surface area contributed by atoms with Crippen LogP contribution in [0.4, 0.5) is 0 Å². The quantitative estimate of drug-likeness (QED) is 0.0997. The number of carboxylic acids is 1. The fourth-order valence-electron chi connectivity index (χ4n) is 5.63. The molecular formula is C32H43N2O7PS. The first-order valence-electron chi connectivity index (χ1n) is 15.3. The second-order valence-electron chi connectivity index (χ2n) is 11.2. The molecule has 1 saturated carbocycles. The van der Waals surface area contributed by atoms with E-state index in [0.717, 1.165) is 50.5 Å². The van der Waals surface area contributed by atoms with Crippen molar-refractivity contribution < 1.29 is 33.3 Å². The minimum atomic E-state index is -3.72. The number of unbranched alkanes of at least 4 members (excludes halogenated alkanes) is 1. The van der Waals surface area contributed by atoms with E-state index in [0.29, 0.717) is 6.42 Å². The van der Waals surface area contributed by atoms with Crippen LogP contribution in [-0.2, 0) is 34.6 Å². The minimum absolute atomic E-state index is 0.0777. The third kappa shape index (κ3) is 9.93. The number of hydrogen-bond donors (Lipinski definition) is 2. The molecule has 1 amide bonds. The summed E-state index contributed by atoms with van der Waals surface area (Å²) in [6.07, 6.45) is 6.15. The van der Waals surface area contributed by atoms with Crippen LogP contribution >= 0.6 is 19.3 Å². The van der Waals surface area contributed by atoms with E-state index < -0.39 is 49.6 Å². The number of hydrogen-bond acceptors (Lipinski definition) is 7. The van der Waals surface area contributed by atoms with Crippen molar-refractivity contribution in [3.05, 3.63) is 71.8 Å². The summed E-state index contributed by atoms with van der Waals surface area (Å²) in [5.74, 6) is -1.78. The molecule has 2 aromatic rings. The van der Waals surface area contributed by atoms with Crippen LogP contribution in [0.25, 0.3) is 0 Å². The zero-order valence-electron chi connectivity index (χ0n) is 24.8. The molecule has 43 heavy (non-hydrogen) atoms. The molecule has 4 rings (SSSR count). The lowest BCUT2D eigenvalue weighted by molar-refractivity contribution is -0.173. The van der Waals surface area contributed by atoms with Crippen LogP contribution in [0.1, 0.15) is 74.8 Å². The van der Waals surface area contributed by atoms with E-state index in [1.165, 1.54) is 22.2 Å². The topological polar surface area (TPSA) is 122 Å². The highest BCUT2D eigenvalue weighted by atomic mass is 32.2. The number of carbonyl (C=O) groups is 3. The molecule has 2 fully saturated rings. The monoisotopic (exact) mass is 630 g/mol. The van der Waals surface area contributed by atoms with Crippen molar-refractivity contribution in [3.8, 4) is 0 Å². The maximum atomic E-state index is 14.6. The number of aryl methyl sites for hydroxylation is 1. The smallest absolute Gasteiger partial charge is 0.323 e. The molecule has 234 valence electrons. The highest BCUT2D eigenvalue weighted by molar-refractivity contribution is 7.99. The lowest BCUT2D eigenvalue weighted by Crippen LogP contribution is -2.53. The van der Waals surface area contributed by atoms with Gasteiger partial charge in [0.15, 0.2) is 0 Å². The normalized spacial score (nSPS) is 21.6. The molecule has 0 aromatic heterocycles. The number of benzene rings is 2. The van der Waals surface area contributed by atoms with Crippen LogP contribution in [0.15, 0.2) is 60.7 Å². The molecule has 1 aliphatic heterocycles. The summed E-state index contributed by atoms with van der Waals surface area (Å²) in [5, 5.41) is 12.2. The zero-order valence-corrected chi connectivity index (χ0v) is 26.5. The van der Waals surface area contributed by atoms with Crippen molar-refractivity contribution in [2.75, 3.05) is 18.5 Å².